The Labute approximate surface area is 280 Å². The second-order valence-corrected chi connectivity index (χ2v) is 12.6. The molecule has 1 atom stereocenters. The average molecular weight is 703 g/mol. The molecular formula is C31H19Cl4N3O4S2. The number of nitrogens with one attached hydrogen (secondary N) is 2. The molecule has 5 aromatic rings. The summed E-state index contributed by atoms with van der Waals surface area (Å²) in [7, 11) is 0. The van der Waals surface area contributed by atoms with Crippen LogP contribution in [-0.4, -0.2) is 27.9 Å². The predicted octanol–water partition coefficient (Wildman–Crippen LogP) is 9.85. The molecule has 0 aliphatic carbocycles. The number of anilines is 2. The molecule has 0 radical (unpaired) electrons. The van der Waals surface area contributed by atoms with Crippen LogP contribution in [0.3, 0.4) is 0 Å². The summed E-state index contributed by atoms with van der Waals surface area (Å²) in [4.78, 5) is 43.8. The van der Waals surface area contributed by atoms with Gasteiger partial charge in [-0.2, -0.15) is 0 Å². The van der Waals surface area contributed by atoms with Crippen LogP contribution in [0.5, 0.6) is 0 Å². The van der Waals surface area contributed by atoms with Crippen molar-refractivity contribution in [3.05, 3.63) is 127 Å². The second kappa shape index (κ2) is 14.0. The summed E-state index contributed by atoms with van der Waals surface area (Å²) in [5, 5.41) is 15.7. The summed E-state index contributed by atoms with van der Waals surface area (Å²) >= 11 is 27.0. The van der Waals surface area contributed by atoms with Gasteiger partial charge in [-0.25, -0.2) is 9.78 Å². The van der Waals surface area contributed by atoms with E-state index in [1.165, 1.54) is 23.1 Å². The molecule has 222 valence electrons. The molecular weight excluding hydrogens is 684 g/mol. The normalized spacial score (nSPS) is 11.5. The van der Waals surface area contributed by atoms with Crippen LogP contribution >= 0.6 is 69.5 Å². The minimum absolute atomic E-state index is 0.237. The minimum atomic E-state index is -1.49. The van der Waals surface area contributed by atoms with Gasteiger partial charge in [-0.1, -0.05) is 107 Å². The van der Waals surface area contributed by atoms with Gasteiger partial charge in [0.2, 0.25) is 5.91 Å². The van der Waals surface area contributed by atoms with Crippen molar-refractivity contribution < 1.29 is 19.5 Å². The third-order valence-corrected chi connectivity index (χ3v) is 10.0. The zero-order valence-electron chi connectivity index (χ0n) is 22.2. The Balaban J connectivity index is 1.34. The highest BCUT2D eigenvalue weighted by molar-refractivity contribution is 8.00. The molecule has 5 rings (SSSR count). The molecule has 0 spiro atoms. The summed E-state index contributed by atoms with van der Waals surface area (Å²) in [5.41, 5.74) is 1.87. The molecule has 0 aliphatic heterocycles. The van der Waals surface area contributed by atoms with Gasteiger partial charge in [-0.05, 0) is 29.8 Å². The van der Waals surface area contributed by atoms with Crippen LogP contribution in [0.15, 0.2) is 95.2 Å². The molecule has 1 heterocycles. The Morgan fingerprint density at radius 2 is 1.34 bits per heavy atom. The van der Waals surface area contributed by atoms with Gasteiger partial charge < -0.3 is 15.7 Å². The number of carbonyl (C=O) groups excluding carboxylic acids is 2. The number of carboxylic acid groups (broad SMARTS) is 1. The topological polar surface area (TPSA) is 108 Å². The Morgan fingerprint density at radius 1 is 0.750 bits per heavy atom. The standard InChI is InChI=1S/C31H19Cl4N3O4S2/c32-23-21(22(30(41)42)24(33)26(35)25(23)34)28(39)36-18-11-13-19(14-12-18)44-27(17-9-5-2-6-10-17)29(40)38-31-37-20(15-43-31)16-7-3-1-4-8-16/h1-15,27H,(H,36,39)(H,41,42)(H,37,38,40). The van der Waals surface area contributed by atoms with E-state index in [2.05, 4.69) is 15.6 Å². The highest BCUT2D eigenvalue weighted by Gasteiger charge is 2.29. The molecule has 0 bridgehead atoms. The van der Waals surface area contributed by atoms with E-state index in [1.54, 1.807) is 24.3 Å². The molecule has 0 saturated heterocycles. The van der Waals surface area contributed by atoms with Gasteiger partial charge in [0.15, 0.2) is 5.13 Å². The number of thiazole rings is 1. The van der Waals surface area contributed by atoms with E-state index in [-0.39, 0.29) is 21.0 Å². The number of benzene rings is 4. The summed E-state index contributed by atoms with van der Waals surface area (Å²) in [6.45, 7) is 0. The summed E-state index contributed by atoms with van der Waals surface area (Å²) in [5.74, 6) is -2.58. The Morgan fingerprint density at radius 3 is 1.95 bits per heavy atom. The van der Waals surface area contributed by atoms with Gasteiger partial charge in [-0.15, -0.1) is 23.1 Å². The number of halogens is 4. The van der Waals surface area contributed by atoms with Crippen molar-refractivity contribution in [2.24, 2.45) is 0 Å². The highest BCUT2D eigenvalue weighted by Crippen LogP contribution is 2.42. The van der Waals surface area contributed by atoms with Gasteiger partial charge in [0.1, 0.15) is 5.25 Å². The van der Waals surface area contributed by atoms with Crippen LogP contribution < -0.4 is 10.6 Å². The van der Waals surface area contributed by atoms with Crippen LogP contribution in [-0.2, 0) is 4.79 Å². The fraction of sp³-hybridized carbons (Fsp3) is 0.0323. The lowest BCUT2D eigenvalue weighted by molar-refractivity contribution is -0.115. The first-order chi connectivity index (χ1) is 21.1. The number of aromatic nitrogens is 1. The van der Waals surface area contributed by atoms with Gasteiger partial charge in [0.25, 0.3) is 5.91 Å². The highest BCUT2D eigenvalue weighted by atomic mass is 35.5. The monoisotopic (exact) mass is 701 g/mol. The molecule has 0 fully saturated rings. The molecule has 2 amide bonds. The molecule has 44 heavy (non-hydrogen) atoms. The fourth-order valence-electron chi connectivity index (χ4n) is 4.14. The van der Waals surface area contributed by atoms with Crippen molar-refractivity contribution in [2.75, 3.05) is 10.6 Å². The number of thioether (sulfide) groups is 1. The number of amides is 2. The SMILES string of the molecule is O=C(O)c1c(Cl)c(Cl)c(Cl)c(Cl)c1C(=O)Nc1ccc(SC(C(=O)Nc2nc(-c3ccccc3)cs2)c2ccccc2)cc1. The van der Waals surface area contributed by atoms with Crippen LogP contribution in [0.4, 0.5) is 10.8 Å². The van der Waals surface area contributed by atoms with E-state index in [0.717, 1.165) is 21.7 Å². The predicted molar refractivity (Wildman–Crippen MR) is 179 cm³/mol. The van der Waals surface area contributed by atoms with Crippen molar-refractivity contribution in [2.45, 2.75) is 10.1 Å². The Kier molecular flexibility index (Phi) is 10.2. The summed E-state index contributed by atoms with van der Waals surface area (Å²) in [6.07, 6.45) is 0. The molecule has 1 aromatic heterocycles. The van der Waals surface area contributed by atoms with E-state index in [1.807, 2.05) is 66.0 Å². The van der Waals surface area contributed by atoms with Crippen LogP contribution in [0.2, 0.25) is 20.1 Å². The minimum Gasteiger partial charge on any atom is -0.478 e. The maximum Gasteiger partial charge on any atom is 0.338 e. The lowest BCUT2D eigenvalue weighted by Crippen LogP contribution is -2.19. The number of carboxylic acids is 1. The molecule has 0 saturated carbocycles. The van der Waals surface area contributed by atoms with E-state index in [4.69, 9.17) is 46.4 Å². The quantitative estimate of drug-likeness (QED) is 0.0802. The van der Waals surface area contributed by atoms with Crippen molar-refractivity contribution in [3.63, 3.8) is 0 Å². The first-order valence-electron chi connectivity index (χ1n) is 12.7. The maximum atomic E-state index is 13.5. The van der Waals surface area contributed by atoms with E-state index in [9.17, 15) is 19.5 Å². The van der Waals surface area contributed by atoms with Crippen LogP contribution in [0, 0.1) is 0 Å². The number of carbonyl (C=O) groups is 3. The first kappa shape index (κ1) is 31.8. The fourth-order valence-corrected chi connectivity index (χ4v) is 6.90. The molecule has 1 unspecified atom stereocenters. The number of aromatic carboxylic acids is 1. The number of hydrogen-bond acceptors (Lipinski definition) is 6. The van der Waals surface area contributed by atoms with Gasteiger partial charge in [-0.3, -0.25) is 9.59 Å². The van der Waals surface area contributed by atoms with Crippen molar-refractivity contribution in [3.8, 4) is 11.3 Å². The second-order valence-electron chi connectivity index (χ2n) is 9.09. The van der Waals surface area contributed by atoms with Crippen molar-refractivity contribution >= 4 is 98.1 Å². The zero-order valence-corrected chi connectivity index (χ0v) is 26.8. The van der Waals surface area contributed by atoms with Gasteiger partial charge in [0.05, 0.1) is 36.9 Å². The Hall–Kier alpha value is -3.57. The van der Waals surface area contributed by atoms with E-state index >= 15 is 0 Å². The van der Waals surface area contributed by atoms with Gasteiger partial charge >= 0.3 is 5.97 Å². The number of hydrogen-bond donors (Lipinski definition) is 3. The van der Waals surface area contributed by atoms with Crippen molar-refractivity contribution in [1.82, 2.24) is 4.98 Å². The Bertz CT molecular complexity index is 1850. The zero-order chi connectivity index (χ0) is 31.4. The lowest BCUT2D eigenvalue weighted by atomic mass is 10.1. The summed E-state index contributed by atoms with van der Waals surface area (Å²) < 4.78 is 0. The van der Waals surface area contributed by atoms with Crippen molar-refractivity contribution in [1.29, 1.82) is 0 Å². The molecule has 4 aromatic carbocycles. The third kappa shape index (κ3) is 7.04. The lowest BCUT2D eigenvalue weighted by Gasteiger charge is -2.17. The molecule has 0 aliphatic rings. The van der Waals surface area contributed by atoms with Gasteiger partial charge in [0, 0.05) is 21.5 Å². The molecule has 7 nitrogen and oxygen atoms in total. The number of nitrogens with zero attached hydrogens (tertiary/aromatic N) is 1. The average Bonchev–Trinajstić information content (AvgIpc) is 3.50. The first-order valence-corrected chi connectivity index (χ1v) is 15.9. The smallest absolute Gasteiger partial charge is 0.338 e. The largest absolute Gasteiger partial charge is 0.478 e. The van der Waals surface area contributed by atoms with E-state index < -0.39 is 33.3 Å². The van der Waals surface area contributed by atoms with Crippen LogP contribution in [0.1, 0.15) is 31.5 Å². The number of rotatable bonds is 9. The van der Waals surface area contributed by atoms with Crippen LogP contribution in [0.25, 0.3) is 11.3 Å². The van der Waals surface area contributed by atoms with E-state index in [0.29, 0.717) is 10.8 Å². The molecule has 3 N–H and O–H groups in total. The molecule has 13 heteroatoms. The maximum absolute atomic E-state index is 13.5. The third-order valence-electron chi connectivity index (χ3n) is 6.22. The summed E-state index contributed by atoms with van der Waals surface area (Å²) in [6, 6.07) is 25.7.